The van der Waals surface area contributed by atoms with Crippen molar-refractivity contribution in [3.05, 3.63) is 45.7 Å². The lowest BCUT2D eigenvalue weighted by molar-refractivity contribution is 0.381. The number of nitrogens with zero attached hydrogens (tertiary/aromatic N) is 1. The molecule has 0 amide bonds. The van der Waals surface area contributed by atoms with Crippen LogP contribution >= 0.6 is 11.3 Å². The molecule has 1 heterocycles. The average molecular weight is 280 g/mol. The topological polar surface area (TPSA) is 24.9 Å². The molecule has 8 heteroatoms. The third kappa shape index (κ3) is 2.15. The predicted octanol–water partition coefficient (Wildman–Crippen LogP) is 3.45. The largest absolute Gasteiger partial charge is 0.374 e. The predicted molar refractivity (Wildman–Crippen MR) is 55.7 cm³/mol. The molecule has 1 aromatic carbocycles. The Morgan fingerprint density at radius 1 is 0.944 bits per heavy atom. The zero-order valence-corrected chi connectivity index (χ0v) is 9.42. The molecule has 0 atom stereocenters. The zero-order chi connectivity index (χ0) is 13.3. The minimum Gasteiger partial charge on any atom is -0.374 e. The van der Waals surface area contributed by atoms with Crippen LogP contribution in [0.5, 0.6) is 0 Å². The number of anilines is 1. The number of hydrogen-bond donors (Lipinski definition) is 1. The van der Waals surface area contributed by atoms with Gasteiger partial charge in [0.1, 0.15) is 5.69 Å². The Balaban J connectivity index is 2.33. The molecular weight excluding hydrogens is 275 g/mol. The molecule has 0 saturated heterocycles. The Hall–Kier alpha value is -1.70. The molecule has 18 heavy (non-hydrogen) atoms. The monoisotopic (exact) mass is 280 g/mol. The molecule has 1 N–H and O–H groups in total. The Labute approximate surface area is 102 Å². The first kappa shape index (κ1) is 12.7. The summed E-state index contributed by atoms with van der Waals surface area (Å²) in [5, 5.41) is 3.72. The van der Waals surface area contributed by atoms with E-state index in [9.17, 15) is 22.0 Å². The molecular formula is C10H5F5N2S. The van der Waals surface area contributed by atoms with Crippen LogP contribution in [-0.2, 0) is 6.54 Å². The highest BCUT2D eigenvalue weighted by Crippen LogP contribution is 2.27. The maximum atomic E-state index is 13.2. The van der Waals surface area contributed by atoms with Crippen LogP contribution in [0.2, 0.25) is 0 Å². The van der Waals surface area contributed by atoms with Gasteiger partial charge in [-0.15, -0.1) is 11.3 Å². The Morgan fingerprint density at radius 3 is 2.00 bits per heavy atom. The first-order valence-electron chi connectivity index (χ1n) is 4.64. The molecule has 0 bridgehead atoms. The summed E-state index contributed by atoms with van der Waals surface area (Å²) in [6.07, 6.45) is 0. The first-order valence-corrected chi connectivity index (χ1v) is 5.59. The first-order chi connectivity index (χ1) is 8.52. The third-order valence-electron chi connectivity index (χ3n) is 2.14. The number of aromatic nitrogens is 1. The summed E-state index contributed by atoms with van der Waals surface area (Å²) in [5.74, 6) is -9.91. The highest BCUT2D eigenvalue weighted by atomic mass is 32.1. The molecule has 1 aromatic heterocycles. The summed E-state index contributed by atoms with van der Waals surface area (Å²) < 4.78 is 64.9. The minimum absolute atomic E-state index is 0.137. The fraction of sp³-hybridized carbons (Fsp3) is 0.100. The molecule has 2 nitrogen and oxygen atoms in total. The van der Waals surface area contributed by atoms with E-state index in [0.29, 0.717) is 5.69 Å². The van der Waals surface area contributed by atoms with Gasteiger partial charge in [0.2, 0.25) is 5.82 Å². The average Bonchev–Trinajstić information content (AvgIpc) is 2.87. The van der Waals surface area contributed by atoms with E-state index in [4.69, 9.17) is 0 Å². The van der Waals surface area contributed by atoms with Crippen LogP contribution in [0.25, 0.3) is 0 Å². The second-order valence-corrected chi connectivity index (χ2v) is 4.00. The van der Waals surface area contributed by atoms with Crippen LogP contribution in [0.15, 0.2) is 10.9 Å². The second kappa shape index (κ2) is 4.89. The fourth-order valence-corrected chi connectivity index (χ4v) is 1.82. The van der Waals surface area contributed by atoms with Gasteiger partial charge in [0.05, 0.1) is 17.7 Å². The highest BCUT2D eigenvalue weighted by molar-refractivity contribution is 7.07. The maximum Gasteiger partial charge on any atom is 0.200 e. The SMILES string of the molecule is Fc1c(F)c(F)c(NCc2cscn2)c(F)c1F. The Morgan fingerprint density at radius 2 is 1.50 bits per heavy atom. The molecule has 0 aliphatic heterocycles. The van der Waals surface area contributed by atoms with Crippen LogP contribution in [0.1, 0.15) is 5.69 Å². The van der Waals surface area contributed by atoms with Crippen molar-refractivity contribution in [3.63, 3.8) is 0 Å². The van der Waals surface area contributed by atoms with Crippen molar-refractivity contribution in [1.29, 1.82) is 0 Å². The van der Waals surface area contributed by atoms with Crippen LogP contribution < -0.4 is 5.32 Å². The second-order valence-electron chi connectivity index (χ2n) is 3.28. The van der Waals surface area contributed by atoms with Gasteiger partial charge in [-0.1, -0.05) is 0 Å². The van der Waals surface area contributed by atoms with Crippen LogP contribution in [0.4, 0.5) is 27.6 Å². The molecule has 2 aromatic rings. The number of nitrogens with one attached hydrogen (secondary N) is 1. The van der Waals surface area contributed by atoms with E-state index in [-0.39, 0.29) is 6.54 Å². The van der Waals surface area contributed by atoms with Crippen molar-refractivity contribution in [2.75, 3.05) is 5.32 Å². The van der Waals surface area contributed by atoms with E-state index in [1.165, 1.54) is 16.8 Å². The number of rotatable bonds is 3. The van der Waals surface area contributed by atoms with Gasteiger partial charge in [-0.05, 0) is 0 Å². The molecule has 0 saturated carbocycles. The van der Waals surface area contributed by atoms with Crippen LogP contribution in [0.3, 0.4) is 0 Å². The summed E-state index contributed by atoms with van der Waals surface area (Å²) in [6.45, 7) is -0.137. The molecule has 0 aliphatic rings. The number of benzene rings is 1. The quantitative estimate of drug-likeness (QED) is 0.529. The van der Waals surface area contributed by atoms with Crippen molar-refractivity contribution in [2.24, 2.45) is 0 Å². The molecule has 0 fully saturated rings. The zero-order valence-electron chi connectivity index (χ0n) is 8.61. The minimum atomic E-state index is -2.18. The Bertz CT molecular complexity index is 541. The van der Waals surface area contributed by atoms with Crippen LogP contribution in [-0.4, -0.2) is 4.98 Å². The summed E-state index contributed by atoms with van der Waals surface area (Å²) in [5.41, 5.74) is 0.860. The third-order valence-corrected chi connectivity index (χ3v) is 2.77. The number of halogens is 5. The van der Waals surface area contributed by atoms with E-state index in [0.717, 1.165) is 0 Å². The van der Waals surface area contributed by atoms with Gasteiger partial charge in [-0.25, -0.2) is 26.9 Å². The van der Waals surface area contributed by atoms with Gasteiger partial charge >= 0.3 is 0 Å². The summed E-state index contributed by atoms with van der Waals surface area (Å²) in [7, 11) is 0. The van der Waals surface area contributed by atoms with Gasteiger partial charge in [0.25, 0.3) is 0 Å². The van der Waals surface area contributed by atoms with Gasteiger partial charge in [-0.3, -0.25) is 0 Å². The van der Waals surface area contributed by atoms with E-state index >= 15 is 0 Å². The smallest absolute Gasteiger partial charge is 0.200 e. The standard InChI is InChI=1S/C10H5F5N2S/c11-5-6(12)8(14)10(9(15)7(5)13)16-1-4-2-18-3-17-4/h2-3,16H,1H2. The number of hydrogen-bond acceptors (Lipinski definition) is 3. The van der Waals surface area contributed by atoms with E-state index in [1.807, 2.05) is 0 Å². The molecule has 0 spiro atoms. The van der Waals surface area contributed by atoms with Gasteiger partial charge < -0.3 is 5.32 Å². The summed E-state index contributed by atoms with van der Waals surface area (Å²) in [6, 6.07) is 0. The highest BCUT2D eigenvalue weighted by Gasteiger charge is 2.25. The van der Waals surface area contributed by atoms with E-state index < -0.39 is 34.8 Å². The lowest BCUT2D eigenvalue weighted by Gasteiger charge is -2.09. The van der Waals surface area contributed by atoms with Crippen molar-refractivity contribution in [2.45, 2.75) is 6.54 Å². The molecule has 0 aliphatic carbocycles. The lowest BCUT2D eigenvalue weighted by Crippen LogP contribution is -2.09. The number of thiazole rings is 1. The van der Waals surface area contributed by atoms with Crippen molar-refractivity contribution < 1.29 is 22.0 Å². The molecule has 96 valence electrons. The fourth-order valence-electron chi connectivity index (χ4n) is 1.26. The maximum absolute atomic E-state index is 13.2. The summed E-state index contributed by atoms with van der Waals surface area (Å²) in [4.78, 5) is 3.80. The van der Waals surface area contributed by atoms with Crippen molar-refractivity contribution in [1.82, 2.24) is 4.98 Å². The van der Waals surface area contributed by atoms with Gasteiger partial charge in [0.15, 0.2) is 23.3 Å². The lowest BCUT2D eigenvalue weighted by atomic mass is 10.2. The van der Waals surface area contributed by atoms with Crippen molar-refractivity contribution in [3.8, 4) is 0 Å². The van der Waals surface area contributed by atoms with Gasteiger partial charge in [0, 0.05) is 5.38 Å². The molecule has 2 rings (SSSR count). The van der Waals surface area contributed by atoms with Crippen LogP contribution in [0, 0.1) is 29.1 Å². The molecule has 0 unspecified atom stereocenters. The molecule has 0 radical (unpaired) electrons. The van der Waals surface area contributed by atoms with Crippen molar-refractivity contribution >= 4 is 17.0 Å². The summed E-state index contributed by atoms with van der Waals surface area (Å²) >= 11 is 1.25. The Kier molecular flexibility index (Phi) is 3.46. The van der Waals surface area contributed by atoms with E-state index in [2.05, 4.69) is 10.3 Å². The normalized spacial score (nSPS) is 10.7. The van der Waals surface area contributed by atoms with E-state index in [1.54, 1.807) is 5.38 Å². The van der Waals surface area contributed by atoms with Gasteiger partial charge in [-0.2, -0.15) is 0 Å².